The van der Waals surface area contributed by atoms with Crippen molar-refractivity contribution >= 4 is 15.9 Å². The van der Waals surface area contributed by atoms with Crippen LogP contribution in [0.15, 0.2) is 9.42 Å². The summed E-state index contributed by atoms with van der Waals surface area (Å²) in [5, 5.41) is 6.89. The fourth-order valence-electron chi connectivity index (χ4n) is 5.19. The Bertz CT molecular complexity index is 818. The molecule has 0 radical (unpaired) electrons. The molecule has 3 aliphatic rings. The lowest BCUT2D eigenvalue weighted by Gasteiger charge is -2.38. The van der Waals surface area contributed by atoms with Gasteiger partial charge < -0.3 is 9.84 Å². The van der Waals surface area contributed by atoms with Crippen molar-refractivity contribution in [3.05, 3.63) is 11.5 Å². The van der Waals surface area contributed by atoms with Gasteiger partial charge in [0.1, 0.15) is 10.6 Å². The van der Waals surface area contributed by atoms with Crippen molar-refractivity contribution in [3.63, 3.8) is 0 Å². The molecule has 1 N–H and O–H groups in total. The minimum absolute atomic E-state index is 0.00412. The van der Waals surface area contributed by atoms with Crippen molar-refractivity contribution in [3.8, 4) is 0 Å². The average Bonchev–Trinajstić information content (AvgIpc) is 3.30. The van der Waals surface area contributed by atoms with E-state index >= 15 is 0 Å². The van der Waals surface area contributed by atoms with Gasteiger partial charge >= 0.3 is 0 Å². The van der Waals surface area contributed by atoms with E-state index in [2.05, 4.69) is 10.5 Å². The van der Waals surface area contributed by atoms with Crippen LogP contribution >= 0.6 is 0 Å². The molecule has 8 heteroatoms. The molecule has 2 heterocycles. The highest BCUT2D eigenvalue weighted by Gasteiger charge is 2.50. The third-order valence-corrected chi connectivity index (χ3v) is 8.92. The van der Waals surface area contributed by atoms with E-state index in [4.69, 9.17) is 4.52 Å². The lowest BCUT2D eigenvalue weighted by atomic mass is 9.66. The normalized spacial score (nSPS) is 25.3. The molecule has 1 amide bonds. The van der Waals surface area contributed by atoms with E-state index in [9.17, 15) is 13.2 Å². The molecule has 156 valence electrons. The van der Waals surface area contributed by atoms with Crippen LogP contribution in [0.3, 0.4) is 0 Å². The van der Waals surface area contributed by atoms with Gasteiger partial charge in [0.2, 0.25) is 15.9 Å². The van der Waals surface area contributed by atoms with Gasteiger partial charge in [-0.25, -0.2) is 8.42 Å². The highest BCUT2D eigenvalue weighted by molar-refractivity contribution is 7.89. The van der Waals surface area contributed by atoms with Crippen molar-refractivity contribution in [1.29, 1.82) is 0 Å². The molecule has 1 atom stereocenters. The lowest BCUT2D eigenvalue weighted by Crippen LogP contribution is -2.35. The lowest BCUT2D eigenvalue weighted by molar-refractivity contribution is -0.121. The van der Waals surface area contributed by atoms with E-state index in [1.54, 1.807) is 18.2 Å². The molecule has 7 nitrogen and oxygen atoms in total. The Labute approximate surface area is 167 Å². The number of aryl methyl sites for hydroxylation is 2. The minimum Gasteiger partial charge on any atom is -0.360 e. The molecule has 28 heavy (non-hydrogen) atoms. The number of carbonyl (C=O) groups excluding carboxylic acids is 1. The molecule has 1 spiro atoms. The maximum Gasteiger partial charge on any atom is 0.248 e. The maximum atomic E-state index is 13.3. The molecular weight excluding hydrogens is 378 g/mol. The van der Waals surface area contributed by atoms with Crippen molar-refractivity contribution in [2.24, 2.45) is 11.3 Å². The summed E-state index contributed by atoms with van der Waals surface area (Å²) in [5.41, 5.74) is 0.423. The Balaban J connectivity index is 1.53. The van der Waals surface area contributed by atoms with Crippen LogP contribution in [0.4, 0.5) is 0 Å². The second kappa shape index (κ2) is 7.44. The molecule has 3 fully saturated rings. The van der Waals surface area contributed by atoms with Crippen molar-refractivity contribution < 1.29 is 17.7 Å². The standard InChI is InChI=1S/C20H31N3O4S/c1-14-19(15(2)27-22-14)28(25,26)23-12-16(6-9-18(24)21-17-7-8-17)20(13-23)10-4-3-5-11-20/h16-17H,3-13H2,1-2H3,(H,21,24). The quantitative estimate of drug-likeness (QED) is 0.780. The fourth-order valence-corrected chi connectivity index (χ4v) is 7.06. The number of nitrogens with zero attached hydrogens (tertiary/aromatic N) is 2. The molecule has 1 saturated heterocycles. The van der Waals surface area contributed by atoms with Gasteiger partial charge in [-0.3, -0.25) is 4.79 Å². The first-order valence-electron chi connectivity index (χ1n) is 10.5. The summed E-state index contributed by atoms with van der Waals surface area (Å²) in [6.07, 6.45) is 9.02. The third kappa shape index (κ3) is 3.73. The third-order valence-electron chi connectivity index (χ3n) is 6.86. The largest absolute Gasteiger partial charge is 0.360 e. The summed E-state index contributed by atoms with van der Waals surface area (Å²) in [4.78, 5) is 12.4. The Kier molecular flexibility index (Phi) is 5.29. The highest BCUT2D eigenvalue weighted by Crippen LogP contribution is 2.50. The maximum absolute atomic E-state index is 13.3. The van der Waals surface area contributed by atoms with Crippen molar-refractivity contribution in [1.82, 2.24) is 14.8 Å². The van der Waals surface area contributed by atoms with Gasteiger partial charge in [-0.1, -0.05) is 24.4 Å². The van der Waals surface area contributed by atoms with E-state index in [1.165, 1.54) is 6.42 Å². The molecule has 2 aliphatic carbocycles. The number of hydrogen-bond donors (Lipinski definition) is 1. The monoisotopic (exact) mass is 409 g/mol. The van der Waals surface area contributed by atoms with Crippen LogP contribution in [0.5, 0.6) is 0 Å². The van der Waals surface area contributed by atoms with E-state index < -0.39 is 10.0 Å². The van der Waals surface area contributed by atoms with Gasteiger partial charge in [-0.05, 0) is 57.3 Å². The topological polar surface area (TPSA) is 92.5 Å². The number of aromatic nitrogens is 1. The zero-order valence-corrected chi connectivity index (χ0v) is 17.7. The molecule has 2 saturated carbocycles. The van der Waals surface area contributed by atoms with E-state index in [-0.39, 0.29) is 22.1 Å². The van der Waals surface area contributed by atoms with Gasteiger partial charge in [0.05, 0.1) is 0 Å². The van der Waals surface area contributed by atoms with E-state index in [0.717, 1.165) is 44.9 Å². The summed E-state index contributed by atoms with van der Waals surface area (Å²) < 4.78 is 33.4. The Morgan fingerprint density at radius 2 is 1.96 bits per heavy atom. The van der Waals surface area contributed by atoms with E-state index in [0.29, 0.717) is 37.0 Å². The Morgan fingerprint density at radius 3 is 2.57 bits per heavy atom. The van der Waals surface area contributed by atoms with Crippen LogP contribution in [0.25, 0.3) is 0 Å². The van der Waals surface area contributed by atoms with Crippen LogP contribution in [-0.4, -0.2) is 42.9 Å². The van der Waals surface area contributed by atoms with Gasteiger partial charge in [-0.2, -0.15) is 4.31 Å². The van der Waals surface area contributed by atoms with Gasteiger partial charge in [0, 0.05) is 25.6 Å². The van der Waals surface area contributed by atoms with Crippen LogP contribution in [0.1, 0.15) is 69.2 Å². The summed E-state index contributed by atoms with van der Waals surface area (Å²) in [5.74, 6) is 0.691. The van der Waals surface area contributed by atoms with Crippen molar-refractivity contribution in [2.45, 2.75) is 82.6 Å². The van der Waals surface area contributed by atoms with Crippen LogP contribution in [-0.2, 0) is 14.8 Å². The summed E-state index contributed by atoms with van der Waals surface area (Å²) in [6, 6.07) is 0.371. The van der Waals surface area contributed by atoms with Crippen molar-refractivity contribution in [2.75, 3.05) is 13.1 Å². The Hall–Kier alpha value is -1.41. The molecule has 1 aliphatic heterocycles. The number of carbonyl (C=O) groups is 1. The van der Waals surface area contributed by atoms with Gasteiger partial charge in [0.15, 0.2) is 5.76 Å². The zero-order valence-electron chi connectivity index (χ0n) is 16.9. The first-order chi connectivity index (χ1) is 13.3. The smallest absolute Gasteiger partial charge is 0.248 e. The van der Waals surface area contributed by atoms with Crippen LogP contribution in [0, 0.1) is 25.2 Å². The zero-order chi connectivity index (χ0) is 19.9. The van der Waals surface area contributed by atoms with Gasteiger partial charge in [0.25, 0.3) is 0 Å². The molecular formula is C20H31N3O4S. The first kappa shape index (κ1) is 19.9. The van der Waals surface area contributed by atoms with E-state index in [1.807, 2.05) is 0 Å². The minimum atomic E-state index is -3.64. The molecule has 0 aromatic carbocycles. The molecule has 1 unspecified atom stereocenters. The van der Waals surface area contributed by atoms with Crippen LogP contribution < -0.4 is 5.32 Å². The number of sulfonamides is 1. The molecule has 0 bridgehead atoms. The second-order valence-corrected chi connectivity index (χ2v) is 10.8. The predicted molar refractivity (Wildman–Crippen MR) is 104 cm³/mol. The Morgan fingerprint density at radius 1 is 1.25 bits per heavy atom. The number of nitrogens with one attached hydrogen (secondary N) is 1. The number of amides is 1. The summed E-state index contributed by atoms with van der Waals surface area (Å²) in [6.45, 7) is 4.37. The second-order valence-electron chi connectivity index (χ2n) is 8.95. The SMILES string of the molecule is Cc1noc(C)c1S(=O)(=O)N1CC(CCC(=O)NC2CC2)C2(CCCCC2)C1. The van der Waals surface area contributed by atoms with Gasteiger partial charge in [-0.15, -0.1) is 0 Å². The number of rotatable bonds is 6. The predicted octanol–water partition coefficient (Wildman–Crippen LogP) is 2.92. The van der Waals surface area contributed by atoms with Crippen LogP contribution in [0.2, 0.25) is 0 Å². The molecule has 1 aromatic heterocycles. The average molecular weight is 410 g/mol. The summed E-state index contributed by atoms with van der Waals surface area (Å²) >= 11 is 0. The first-order valence-corrected chi connectivity index (χ1v) is 12.0. The fraction of sp³-hybridized carbons (Fsp3) is 0.800. The molecule has 4 rings (SSSR count). The summed E-state index contributed by atoms with van der Waals surface area (Å²) in [7, 11) is -3.64. The molecule has 1 aromatic rings. The highest BCUT2D eigenvalue weighted by atomic mass is 32.2. The number of hydrogen-bond acceptors (Lipinski definition) is 5.